The number of halogens is 2. The highest BCUT2D eigenvalue weighted by molar-refractivity contribution is 7.90. The zero-order valence-electron chi connectivity index (χ0n) is 10.7. The number of rotatable bonds is 4. The average Bonchev–Trinajstić information content (AvgIpc) is 2.42. The lowest BCUT2D eigenvalue weighted by molar-refractivity contribution is 0.156. The molecule has 1 aromatic rings. The van der Waals surface area contributed by atoms with E-state index in [4.69, 9.17) is 11.6 Å². The van der Waals surface area contributed by atoms with E-state index in [1.807, 2.05) is 0 Å². The molecular weight excluding hydrogens is 307 g/mol. The van der Waals surface area contributed by atoms with E-state index in [0.717, 1.165) is 18.9 Å². The first kappa shape index (κ1) is 15.5. The van der Waals surface area contributed by atoms with Crippen LogP contribution in [0.2, 0.25) is 5.02 Å². The molecule has 112 valence electrons. The Kier molecular flexibility index (Phi) is 4.85. The Balaban J connectivity index is 2.19. The van der Waals surface area contributed by atoms with Crippen molar-refractivity contribution in [3.63, 3.8) is 0 Å². The maximum atomic E-state index is 13.3. The standard InChI is InChI=1S/C12H16ClFN2O3S/c13-11-5-4-9(7-12(11)14)15-20(18,19)16-6-2-1-3-10(16)8-17/h4-5,7,10,15,17H,1-3,6,8H2. The highest BCUT2D eigenvalue weighted by Crippen LogP contribution is 2.24. The quantitative estimate of drug-likeness (QED) is 0.890. The molecule has 1 aliphatic rings. The predicted octanol–water partition coefficient (Wildman–Crippen LogP) is 1.98. The molecule has 0 aromatic heterocycles. The summed E-state index contributed by atoms with van der Waals surface area (Å²) in [6.07, 6.45) is 2.24. The molecule has 0 bridgehead atoms. The third-order valence-electron chi connectivity index (χ3n) is 3.26. The van der Waals surface area contributed by atoms with Gasteiger partial charge < -0.3 is 5.11 Å². The molecule has 1 aromatic carbocycles. The molecule has 2 N–H and O–H groups in total. The van der Waals surface area contributed by atoms with Crippen LogP contribution in [0.4, 0.5) is 10.1 Å². The fraction of sp³-hybridized carbons (Fsp3) is 0.500. The molecule has 0 saturated carbocycles. The molecule has 1 aliphatic heterocycles. The topological polar surface area (TPSA) is 69.6 Å². The molecule has 1 unspecified atom stereocenters. The van der Waals surface area contributed by atoms with Gasteiger partial charge in [-0.15, -0.1) is 0 Å². The summed E-state index contributed by atoms with van der Waals surface area (Å²) in [7, 11) is -3.81. The van der Waals surface area contributed by atoms with E-state index < -0.39 is 22.1 Å². The van der Waals surface area contributed by atoms with Crippen LogP contribution in [-0.4, -0.2) is 37.0 Å². The van der Waals surface area contributed by atoms with Gasteiger partial charge in [0.25, 0.3) is 0 Å². The van der Waals surface area contributed by atoms with Crippen LogP contribution in [0.25, 0.3) is 0 Å². The van der Waals surface area contributed by atoms with Crippen LogP contribution in [0.15, 0.2) is 18.2 Å². The summed E-state index contributed by atoms with van der Waals surface area (Å²) in [5, 5.41) is 9.19. The van der Waals surface area contributed by atoms with Crippen LogP contribution in [0.1, 0.15) is 19.3 Å². The van der Waals surface area contributed by atoms with Gasteiger partial charge in [0.2, 0.25) is 0 Å². The van der Waals surface area contributed by atoms with Crippen LogP contribution >= 0.6 is 11.6 Å². The minimum absolute atomic E-state index is 0.0702. The van der Waals surface area contributed by atoms with Gasteiger partial charge in [-0.3, -0.25) is 4.72 Å². The Morgan fingerprint density at radius 1 is 1.45 bits per heavy atom. The summed E-state index contributed by atoms with van der Waals surface area (Å²) >= 11 is 5.55. The van der Waals surface area contributed by atoms with Crippen molar-refractivity contribution in [2.24, 2.45) is 0 Å². The molecule has 8 heteroatoms. The van der Waals surface area contributed by atoms with Crippen molar-refractivity contribution in [1.29, 1.82) is 0 Å². The minimum atomic E-state index is -3.81. The zero-order valence-corrected chi connectivity index (χ0v) is 12.3. The molecule has 0 aliphatic carbocycles. The van der Waals surface area contributed by atoms with Crippen molar-refractivity contribution in [1.82, 2.24) is 4.31 Å². The highest BCUT2D eigenvalue weighted by atomic mass is 35.5. The van der Waals surface area contributed by atoms with E-state index in [1.165, 1.54) is 16.4 Å². The predicted molar refractivity (Wildman–Crippen MR) is 75.4 cm³/mol. The van der Waals surface area contributed by atoms with Crippen LogP contribution in [0, 0.1) is 5.82 Å². The first-order valence-electron chi connectivity index (χ1n) is 6.29. The van der Waals surface area contributed by atoms with E-state index in [0.29, 0.717) is 13.0 Å². The Labute approximate surface area is 122 Å². The van der Waals surface area contributed by atoms with Crippen LogP contribution in [0.3, 0.4) is 0 Å². The van der Waals surface area contributed by atoms with E-state index >= 15 is 0 Å². The summed E-state index contributed by atoms with van der Waals surface area (Å²) in [6.45, 7) is 0.118. The van der Waals surface area contributed by atoms with Gasteiger partial charge in [-0.2, -0.15) is 12.7 Å². The molecule has 0 amide bonds. The zero-order chi connectivity index (χ0) is 14.8. The Bertz CT molecular complexity index is 582. The molecule has 2 rings (SSSR count). The van der Waals surface area contributed by atoms with Gasteiger partial charge in [0, 0.05) is 12.6 Å². The number of anilines is 1. The third kappa shape index (κ3) is 3.41. The number of hydrogen-bond donors (Lipinski definition) is 2. The maximum Gasteiger partial charge on any atom is 0.301 e. The molecular formula is C12H16ClFN2O3S. The molecule has 0 radical (unpaired) electrons. The van der Waals surface area contributed by atoms with Gasteiger partial charge in [0.05, 0.1) is 17.3 Å². The minimum Gasteiger partial charge on any atom is -0.395 e. The molecule has 1 atom stereocenters. The van der Waals surface area contributed by atoms with Gasteiger partial charge in [-0.1, -0.05) is 18.0 Å². The van der Waals surface area contributed by atoms with Crippen molar-refractivity contribution in [2.75, 3.05) is 17.9 Å². The first-order valence-corrected chi connectivity index (χ1v) is 8.11. The lowest BCUT2D eigenvalue weighted by atomic mass is 10.1. The molecule has 5 nitrogen and oxygen atoms in total. The monoisotopic (exact) mass is 322 g/mol. The van der Waals surface area contributed by atoms with Gasteiger partial charge in [0.1, 0.15) is 5.82 Å². The van der Waals surface area contributed by atoms with Gasteiger partial charge in [-0.25, -0.2) is 4.39 Å². The van der Waals surface area contributed by atoms with Gasteiger partial charge in [-0.05, 0) is 31.0 Å². The van der Waals surface area contributed by atoms with Gasteiger partial charge >= 0.3 is 10.2 Å². The van der Waals surface area contributed by atoms with Crippen molar-refractivity contribution in [3.05, 3.63) is 29.0 Å². The number of aliphatic hydroxyl groups is 1. The third-order valence-corrected chi connectivity index (χ3v) is 5.16. The Morgan fingerprint density at radius 3 is 2.85 bits per heavy atom. The summed E-state index contributed by atoms with van der Waals surface area (Å²) in [6, 6.07) is 3.27. The average molecular weight is 323 g/mol. The molecule has 1 fully saturated rings. The van der Waals surface area contributed by atoms with E-state index in [9.17, 15) is 17.9 Å². The van der Waals surface area contributed by atoms with Gasteiger partial charge in [0.15, 0.2) is 0 Å². The molecule has 0 spiro atoms. The SMILES string of the molecule is O=S(=O)(Nc1ccc(Cl)c(F)c1)N1CCCCC1CO. The van der Waals surface area contributed by atoms with E-state index in [2.05, 4.69) is 4.72 Å². The second-order valence-corrected chi connectivity index (χ2v) is 6.71. The lowest BCUT2D eigenvalue weighted by Crippen LogP contribution is -2.47. The fourth-order valence-corrected chi connectivity index (χ4v) is 3.83. The summed E-state index contributed by atoms with van der Waals surface area (Å²) in [4.78, 5) is 0. The smallest absolute Gasteiger partial charge is 0.301 e. The molecule has 20 heavy (non-hydrogen) atoms. The van der Waals surface area contributed by atoms with E-state index in [-0.39, 0.29) is 17.3 Å². The first-order chi connectivity index (χ1) is 9.44. The Hall–Kier alpha value is -0.890. The number of nitrogens with one attached hydrogen (secondary N) is 1. The van der Waals surface area contributed by atoms with E-state index in [1.54, 1.807) is 0 Å². The number of aliphatic hydroxyl groups excluding tert-OH is 1. The van der Waals surface area contributed by atoms with Crippen LogP contribution < -0.4 is 4.72 Å². The highest BCUT2D eigenvalue weighted by Gasteiger charge is 2.31. The lowest BCUT2D eigenvalue weighted by Gasteiger charge is -2.33. The van der Waals surface area contributed by atoms with Crippen molar-refractivity contribution in [2.45, 2.75) is 25.3 Å². The Morgan fingerprint density at radius 2 is 2.20 bits per heavy atom. The molecule has 1 heterocycles. The second-order valence-electron chi connectivity index (χ2n) is 4.68. The fourth-order valence-electron chi connectivity index (χ4n) is 2.24. The van der Waals surface area contributed by atoms with Crippen molar-refractivity contribution < 1.29 is 17.9 Å². The van der Waals surface area contributed by atoms with Crippen molar-refractivity contribution in [3.8, 4) is 0 Å². The van der Waals surface area contributed by atoms with Crippen LogP contribution in [-0.2, 0) is 10.2 Å². The molecule has 1 saturated heterocycles. The second kappa shape index (κ2) is 6.26. The summed E-state index contributed by atoms with van der Waals surface area (Å²) in [5.41, 5.74) is 0.106. The maximum absolute atomic E-state index is 13.3. The number of piperidine rings is 1. The number of hydrogen-bond acceptors (Lipinski definition) is 3. The number of nitrogens with zero attached hydrogens (tertiary/aromatic N) is 1. The summed E-state index contributed by atoms with van der Waals surface area (Å²) in [5.74, 6) is -0.691. The number of benzene rings is 1. The largest absolute Gasteiger partial charge is 0.395 e. The normalized spacial score (nSPS) is 20.9. The van der Waals surface area contributed by atoms with Crippen LogP contribution in [0.5, 0.6) is 0 Å². The summed E-state index contributed by atoms with van der Waals surface area (Å²) < 4.78 is 41.4. The van der Waals surface area contributed by atoms with Crippen molar-refractivity contribution >= 4 is 27.5 Å².